The molecule has 1 aromatic carbocycles. The predicted octanol–water partition coefficient (Wildman–Crippen LogP) is 0.661. The molecule has 0 spiro atoms. The van der Waals surface area contributed by atoms with E-state index in [1.54, 1.807) is 0 Å². The van der Waals surface area contributed by atoms with Gasteiger partial charge < -0.3 is 20.7 Å². The zero-order valence-corrected chi connectivity index (χ0v) is 8.30. The molecule has 82 valence electrons. The summed E-state index contributed by atoms with van der Waals surface area (Å²) in [5, 5.41) is 18.4. The number of aromatic hydroxyl groups is 2. The van der Waals surface area contributed by atoms with Crippen molar-refractivity contribution in [3.05, 3.63) is 23.8 Å². The summed E-state index contributed by atoms with van der Waals surface area (Å²) in [7, 11) is 1.27. The van der Waals surface area contributed by atoms with Gasteiger partial charge in [-0.15, -0.1) is 0 Å². The van der Waals surface area contributed by atoms with Crippen LogP contribution in [0.1, 0.15) is 18.0 Å². The molecule has 0 heterocycles. The summed E-state index contributed by atoms with van der Waals surface area (Å²) in [5.41, 5.74) is 6.17. The highest BCUT2D eigenvalue weighted by Gasteiger charge is 2.13. The van der Waals surface area contributed by atoms with Gasteiger partial charge >= 0.3 is 5.97 Å². The third-order valence-corrected chi connectivity index (χ3v) is 1.97. The molecule has 1 atom stereocenters. The number of benzene rings is 1. The molecule has 0 radical (unpaired) electrons. The fraction of sp³-hybridized carbons (Fsp3) is 0.300. The standard InChI is InChI=1S/C10H13NO4/c1-15-10(14)5-9(11)6-2-7(12)4-8(13)3-6/h2-4,9,12-13H,5,11H2,1H3/t9-/m1/s1. The number of hydrogen-bond acceptors (Lipinski definition) is 5. The Labute approximate surface area is 87.1 Å². The van der Waals surface area contributed by atoms with Crippen molar-refractivity contribution in [3.63, 3.8) is 0 Å². The fourth-order valence-electron chi connectivity index (χ4n) is 1.21. The molecule has 0 aliphatic carbocycles. The first-order chi connectivity index (χ1) is 7.02. The van der Waals surface area contributed by atoms with Gasteiger partial charge in [0.2, 0.25) is 0 Å². The molecule has 1 aromatic rings. The number of hydrogen-bond donors (Lipinski definition) is 3. The minimum absolute atomic E-state index is 0.000602. The van der Waals surface area contributed by atoms with Crippen LogP contribution in [0, 0.1) is 0 Å². The van der Waals surface area contributed by atoms with E-state index in [0.717, 1.165) is 0 Å². The number of carbonyl (C=O) groups excluding carboxylic acids is 1. The van der Waals surface area contributed by atoms with Crippen molar-refractivity contribution >= 4 is 5.97 Å². The molecule has 5 nitrogen and oxygen atoms in total. The van der Waals surface area contributed by atoms with Gasteiger partial charge in [-0.3, -0.25) is 4.79 Å². The lowest BCUT2D eigenvalue weighted by Crippen LogP contribution is -2.16. The summed E-state index contributed by atoms with van der Waals surface area (Å²) in [6.45, 7) is 0. The molecule has 0 saturated heterocycles. The van der Waals surface area contributed by atoms with Gasteiger partial charge in [-0.2, -0.15) is 0 Å². The number of esters is 1. The molecule has 0 aliphatic heterocycles. The van der Waals surface area contributed by atoms with Gasteiger partial charge in [0.25, 0.3) is 0 Å². The van der Waals surface area contributed by atoms with Gasteiger partial charge in [-0.25, -0.2) is 0 Å². The summed E-state index contributed by atoms with van der Waals surface area (Å²) < 4.78 is 4.46. The molecule has 0 amide bonds. The summed E-state index contributed by atoms with van der Waals surface area (Å²) in [4.78, 5) is 10.9. The van der Waals surface area contributed by atoms with E-state index in [9.17, 15) is 15.0 Å². The molecule has 0 aliphatic rings. The summed E-state index contributed by atoms with van der Waals surface area (Å²) in [6, 6.07) is 3.38. The average Bonchev–Trinajstić information content (AvgIpc) is 2.16. The van der Waals surface area contributed by atoms with Crippen LogP contribution < -0.4 is 5.73 Å². The number of carbonyl (C=O) groups is 1. The first-order valence-corrected chi connectivity index (χ1v) is 4.38. The van der Waals surface area contributed by atoms with E-state index >= 15 is 0 Å². The highest BCUT2D eigenvalue weighted by Crippen LogP contribution is 2.25. The van der Waals surface area contributed by atoms with E-state index < -0.39 is 12.0 Å². The molecule has 15 heavy (non-hydrogen) atoms. The summed E-state index contributed by atoms with van der Waals surface area (Å²) in [5.74, 6) is -0.624. The minimum Gasteiger partial charge on any atom is -0.508 e. The van der Waals surface area contributed by atoms with Crippen molar-refractivity contribution in [2.45, 2.75) is 12.5 Å². The van der Waals surface area contributed by atoms with Crippen LogP contribution in [0.3, 0.4) is 0 Å². The minimum atomic E-state index is -0.601. The van der Waals surface area contributed by atoms with Gasteiger partial charge in [-0.1, -0.05) is 0 Å². The normalized spacial score (nSPS) is 12.1. The number of rotatable bonds is 3. The van der Waals surface area contributed by atoms with Crippen LogP contribution in [0.2, 0.25) is 0 Å². The van der Waals surface area contributed by atoms with E-state index in [2.05, 4.69) is 4.74 Å². The second-order valence-corrected chi connectivity index (χ2v) is 3.17. The van der Waals surface area contributed by atoms with E-state index in [-0.39, 0.29) is 17.9 Å². The molecule has 0 saturated carbocycles. The SMILES string of the molecule is COC(=O)C[C@@H](N)c1cc(O)cc(O)c1. The van der Waals surface area contributed by atoms with Crippen LogP contribution >= 0.6 is 0 Å². The number of nitrogens with two attached hydrogens (primary N) is 1. The average molecular weight is 211 g/mol. The Morgan fingerprint density at radius 1 is 1.40 bits per heavy atom. The second-order valence-electron chi connectivity index (χ2n) is 3.17. The Balaban J connectivity index is 2.81. The molecule has 0 aromatic heterocycles. The Kier molecular flexibility index (Phi) is 3.51. The third kappa shape index (κ3) is 3.14. The molecule has 0 fully saturated rings. The first-order valence-electron chi connectivity index (χ1n) is 4.38. The monoisotopic (exact) mass is 211 g/mol. The van der Waals surface area contributed by atoms with Crippen LogP contribution in [0.15, 0.2) is 18.2 Å². The number of phenols is 2. The smallest absolute Gasteiger partial charge is 0.307 e. The lowest BCUT2D eigenvalue weighted by atomic mass is 10.0. The first kappa shape index (κ1) is 11.3. The van der Waals surface area contributed by atoms with E-state index in [1.807, 2.05) is 0 Å². The molecule has 4 N–H and O–H groups in total. The molecule has 0 unspecified atom stereocenters. The molecular formula is C10H13NO4. The van der Waals surface area contributed by atoms with Crippen molar-refractivity contribution in [1.82, 2.24) is 0 Å². The van der Waals surface area contributed by atoms with Crippen LogP contribution in [0.4, 0.5) is 0 Å². The van der Waals surface area contributed by atoms with Gasteiger partial charge in [0.15, 0.2) is 0 Å². The van der Waals surface area contributed by atoms with Crippen molar-refractivity contribution in [1.29, 1.82) is 0 Å². The van der Waals surface area contributed by atoms with Crippen LogP contribution in [0.25, 0.3) is 0 Å². The Morgan fingerprint density at radius 2 is 1.93 bits per heavy atom. The van der Waals surface area contributed by atoms with Gasteiger partial charge in [-0.05, 0) is 17.7 Å². The quantitative estimate of drug-likeness (QED) is 0.639. The number of ether oxygens (including phenoxy) is 1. The summed E-state index contributed by atoms with van der Waals surface area (Å²) >= 11 is 0. The lowest BCUT2D eigenvalue weighted by Gasteiger charge is -2.11. The van der Waals surface area contributed by atoms with Crippen LogP contribution in [-0.2, 0) is 9.53 Å². The van der Waals surface area contributed by atoms with E-state index in [1.165, 1.54) is 25.3 Å². The van der Waals surface area contributed by atoms with Crippen molar-refractivity contribution in [3.8, 4) is 11.5 Å². The molecule has 1 rings (SSSR count). The summed E-state index contributed by atoms with van der Waals surface area (Å²) in [6.07, 6.45) is -0.000602. The maximum atomic E-state index is 10.9. The van der Waals surface area contributed by atoms with Gasteiger partial charge in [0.05, 0.1) is 13.5 Å². The van der Waals surface area contributed by atoms with Crippen LogP contribution in [-0.4, -0.2) is 23.3 Å². The topological polar surface area (TPSA) is 92.8 Å². The lowest BCUT2D eigenvalue weighted by molar-refractivity contribution is -0.141. The second kappa shape index (κ2) is 4.65. The van der Waals surface area contributed by atoms with Crippen molar-refractivity contribution in [2.24, 2.45) is 5.73 Å². The third-order valence-electron chi connectivity index (χ3n) is 1.97. The van der Waals surface area contributed by atoms with Gasteiger partial charge in [0.1, 0.15) is 11.5 Å². The maximum absolute atomic E-state index is 10.9. The van der Waals surface area contributed by atoms with E-state index in [4.69, 9.17) is 5.73 Å². The van der Waals surface area contributed by atoms with Crippen molar-refractivity contribution in [2.75, 3.05) is 7.11 Å². The Hall–Kier alpha value is -1.75. The maximum Gasteiger partial charge on any atom is 0.307 e. The number of phenolic OH excluding ortho intramolecular Hbond substituents is 2. The zero-order chi connectivity index (χ0) is 11.4. The molecular weight excluding hydrogens is 198 g/mol. The highest BCUT2D eigenvalue weighted by molar-refractivity contribution is 5.70. The largest absolute Gasteiger partial charge is 0.508 e. The molecule has 5 heteroatoms. The predicted molar refractivity (Wildman–Crippen MR) is 53.3 cm³/mol. The van der Waals surface area contributed by atoms with E-state index in [0.29, 0.717) is 5.56 Å². The number of methoxy groups -OCH3 is 1. The highest BCUT2D eigenvalue weighted by atomic mass is 16.5. The van der Waals surface area contributed by atoms with Gasteiger partial charge in [0, 0.05) is 12.1 Å². The Bertz CT molecular complexity index is 344. The van der Waals surface area contributed by atoms with Crippen LogP contribution in [0.5, 0.6) is 11.5 Å². The Morgan fingerprint density at radius 3 is 2.40 bits per heavy atom. The van der Waals surface area contributed by atoms with Crippen molar-refractivity contribution < 1.29 is 19.7 Å². The fourth-order valence-corrected chi connectivity index (χ4v) is 1.21. The zero-order valence-electron chi connectivity index (χ0n) is 8.30. The molecule has 0 bridgehead atoms.